The molecule has 220 valence electrons. The Labute approximate surface area is 272 Å². The van der Waals surface area contributed by atoms with Crippen LogP contribution in [0.3, 0.4) is 0 Å². The fourth-order valence-corrected chi connectivity index (χ4v) is 6.65. The molecule has 0 bridgehead atoms. The maximum absolute atomic E-state index is 5.25. The van der Waals surface area contributed by atoms with E-state index in [4.69, 9.17) is 15.0 Å². The molecule has 4 heteroatoms. The summed E-state index contributed by atoms with van der Waals surface area (Å²) < 4.78 is 2.36. The Morgan fingerprint density at radius 3 is 1.57 bits per heavy atom. The summed E-state index contributed by atoms with van der Waals surface area (Å²) in [7, 11) is 0. The molecule has 9 rings (SSSR count). The van der Waals surface area contributed by atoms with Crippen molar-refractivity contribution in [2.75, 3.05) is 0 Å². The van der Waals surface area contributed by atoms with Crippen molar-refractivity contribution in [1.29, 1.82) is 0 Å². The second kappa shape index (κ2) is 11.2. The highest BCUT2D eigenvalue weighted by molar-refractivity contribution is 6.09. The first-order valence-electron chi connectivity index (χ1n) is 15.8. The van der Waals surface area contributed by atoms with Gasteiger partial charge in [0.25, 0.3) is 0 Å². The van der Waals surface area contributed by atoms with Gasteiger partial charge in [-0.2, -0.15) is 0 Å². The fourth-order valence-electron chi connectivity index (χ4n) is 6.65. The quantitative estimate of drug-likeness (QED) is 0.197. The summed E-state index contributed by atoms with van der Waals surface area (Å²) in [6.45, 7) is 0. The molecule has 0 spiro atoms. The van der Waals surface area contributed by atoms with Crippen molar-refractivity contribution < 1.29 is 0 Å². The van der Waals surface area contributed by atoms with Crippen LogP contribution in [0.25, 0.3) is 83.6 Å². The Kier molecular flexibility index (Phi) is 6.43. The first-order valence-corrected chi connectivity index (χ1v) is 15.8. The lowest BCUT2D eigenvalue weighted by molar-refractivity contribution is 1.07. The van der Waals surface area contributed by atoms with Crippen LogP contribution in [0.15, 0.2) is 170 Å². The molecule has 0 amide bonds. The lowest BCUT2D eigenvalue weighted by atomic mass is 10.0. The molecule has 2 heterocycles. The number of benzene rings is 7. The average Bonchev–Trinajstić information content (AvgIpc) is 3.49. The minimum Gasteiger partial charge on any atom is -0.308 e. The Morgan fingerprint density at radius 2 is 0.872 bits per heavy atom. The van der Waals surface area contributed by atoms with Gasteiger partial charge >= 0.3 is 0 Å². The molecule has 0 fully saturated rings. The van der Waals surface area contributed by atoms with Crippen molar-refractivity contribution in [1.82, 2.24) is 19.5 Å². The van der Waals surface area contributed by atoms with Gasteiger partial charge in [0.05, 0.1) is 16.7 Å². The molecule has 9 aromatic rings. The van der Waals surface area contributed by atoms with Gasteiger partial charge in [-0.15, -0.1) is 0 Å². The number of fused-ring (bicyclic) bond motifs is 4. The van der Waals surface area contributed by atoms with Crippen LogP contribution in [0.5, 0.6) is 0 Å². The molecule has 7 aromatic carbocycles. The predicted octanol–water partition coefficient (Wildman–Crippen LogP) is 10.8. The lowest BCUT2D eigenvalue weighted by Gasteiger charge is -2.16. The molecular weight excluding hydrogens is 573 g/mol. The summed E-state index contributed by atoms with van der Waals surface area (Å²) in [5.74, 6) is 1.91. The smallest absolute Gasteiger partial charge is 0.166 e. The van der Waals surface area contributed by atoms with Crippen LogP contribution in [0.1, 0.15) is 0 Å². The minimum atomic E-state index is 0.623. The number of rotatable bonds is 5. The summed E-state index contributed by atoms with van der Waals surface area (Å²) in [5.41, 5.74) is 8.39. The van der Waals surface area contributed by atoms with Crippen molar-refractivity contribution in [2.24, 2.45) is 0 Å². The standard InChI is InChI=1S/C43H28N4/c1-3-14-29(15-4-1)32-26-27-37(40(28-32)47-38-24-11-9-21-34(38)35-22-10-12-25-39(35)47)43-45-41(31-17-5-2-6-18-31)44-42(46-43)36-23-13-19-30-16-7-8-20-33(30)36/h1-28H. The normalized spacial score (nSPS) is 11.4. The van der Waals surface area contributed by atoms with E-state index in [1.807, 2.05) is 18.2 Å². The van der Waals surface area contributed by atoms with Crippen LogP contribution in [-0.2, 0) is 0 Å². The van der Waals surface area contributed by atoms with E-state index in [-0.39, 0.29) is 0 Å². The average molecular weight is 601 g/mol. The summed E-state index contributed by atoms with van der Waals surface area (Å²) in [6, 6.07) is 59.2. The third-order valence-corrected chi connectivity index (χ3v) is 8.86. The largest absolute Gasteiger partial charge is 0.308 e. The maximum atomic E-state index is 5.25. The van der Waals surface area contributed by atoms with Gasteiger partial charge in [-0.1, -0.05) is 146 Å². The van der Waals surface area contributed by atoms with Gasteiger partial charge in [-0.05, 0) is 46.2 Å². The van der Waals surface area contributed by atoms with Crippen LogP contribution >= 0.6 is 0 Å². The highest BCUT2D eigenvalue weighted by Crippen LogP contribution is 2.38. The Morgan fingerprint density at radius 1 is 0.340 bits per heavy atom. The van der Waals surface area contributed by atoms with Gasteiger partial charge in [0.15, 0.2) is 17.5 Å². The number of aromatic nitrogens is 4. The number of nitrogens with zero attached hydrogens (tertiary/aromatic N) is 4. The van der Waals surface area contributed by atoms with Crippen LogP contribution < -0.4 is 0 Å². The molecular formula is C43H28N4. The van der Waals surface area contributed by atoms with Crippen LogP contribution in [0.4, 0.5) is 0 Å². The first-order chi connectivity index (χ1) is 23.3. The monoisotopic (exact) mass is 600 g/mol. The number of hydrogen-bond acceptors (Lipinski definition) is 3. The van der Waals surface area contributed by atoms with E-state index in [2.05, 4.69) is 156 Å². The summed E-state index contributed by atoms with van der Waals surface area (Å²) in [5, 5.41) is 4.66. The van der Waals surface area contributed by atoms with Gasteiger partial charge < -0.3 is 4.57 Å². The van der Waals surface area contributed by atoms with E-state index in [1.165, 1.54) is 10.8 Å². The Hall–Kier alpha value is -6.39. The van der Waals surface area contributed by atoms with Crippen molar-refractivity contribution in [3.05, 3.63) is 170 Å². The van der Waals surface area contributed by atoms with Crippen LogP contribution in [0.2, 0.25) is 0 Å². The van der Waals surface area contributed by atoms with Crippen molar-refractivity contribution in [2.45, 2.75) is 0 Å². The van der Waals surface area contributed by atoms with E-state index < -0.39 is 0 Å². The summed E-state index contributed by atoms with van der Waals surface area (Å²) >= 11 is 0. The van der Waals surface area contributed by atoms with E-state index in [0.29, 0.717) is 17.5 Å². The van der Waals surface area contributed by atoms with E-state index in [0.717, 1.165) is 55.3 Å². The topological polar surface area (TPSA) is 43.6 Å². The van der Waals surface area contributed by atoms with Gasteiger partial charge in [-0.25, -0.2) is 15.0 Å². The Bertz CT molecular complexity index is 2510. The third-order valence-electron chi connectivity index (χ3n) is 8.86. The fraction of sp³-hybridized carbons (Fsp3) is 0. The molecule has 0 saturated heterocycles. The second-order valence-electron chi connectivity index (χ2n) is 11.7. The van der Waals surface area contributed by atoms with Crippen LogP contribution in [-0.4, -0.2) is 19.5 Å². The molecule has 0 aliphatic rings. The highest BCUT2D eigenvalue weighted by Gasteiger charge is 2.20. The maximum Gasteiger partial charge on any atom is 0.166 e. The molecule has 4 nitrogen and oxygen atoms in total. The van der Waals surface area contributed by atoms with Gasteiger partial charge in [0.2, 0.25) is 0 Å². The number of hydrogen-bond donors (Lipinski definition) is 0. The molecule has 0 aliphatic carbocycles. The van der Waals surface area contributed by atoms with Gasteiger partial charge in [0.1, 0.15) is 0 Å². The predicted molar refractivity (Wildman–Crippen MR) is 193 cm³/mol. The van der Waals surface area contributed by atoms with Crippen molar-refractivity contribution in [3.63, 3.8) is 0 Å². The number of para-hydroxylation sites is 2. The zero-order valence-corrected chi connectivity index (χ0v) is 25.5. The molecule has 0 aliphatic heterocycles. The van der Waals surface area contributed by atoms with Gasteiger partial charge in [0, 0.05) is 27.5 Å². The van der Waals surface area contributed by atoms with E-state index in [9.17, 15) is 0 Å². The SMILES string of the molecule is c1ccc(-c2ccc(-c3nc(-c4ccccc4)nc(-c4cccc5ccccc45)n3)c(-n3c4ccccc4c4ccccc43)c2)cc1. The van der Waals surface area contributed by atoms with E-state index in [1.54, 1.807) is 0 Å². The lowest BCUT2D eigenvalue weighted by Crippen LogP contribution is -2.04. The summed E-state index contributed by atoms with van der Waals surface area (Å²) in [6.07, 6.45) is 0. The van der Waals surface area contributed by atoms with Gasteiger partial charge in [-0.3, -0.25) is 0 Å². The van der Waals surface area contributed by atoms with Crippen LogP contribution in [0, 0.1) is 0 Å². The third kappa shape index (κ3) is 4.66. The zero-order valence-electron chi connectivity index (χ0n) is 25.5. The zero-order chi connectivity index (χ0) is 31.2. The molecule has 0 atom stereocenters. The minimum absolute atomic E-state index is 0.623. The highest BCUT2D eigenvalue weighted by atomic mass is 15.1. The molecule has 2 aromatic heterocycles. The van der Waals surface area contributed by atoms with Crippen molar-refractivity contribution >= 4 is 32.6 Å². The molecule has 0 saturated carbocycles. The van der Waals surface area contributed by atoms with Crippen molar-refractivity contribution in [3.8, 4) is 51.0 Å². The molecule has 47 heavy (non-hydrogen) atoms. The Balaban J connectivity index is 1.37. The molecule has 0 radical (unpaired) electrons. The second-order valence-corrected chi connectivity index (χ2v) is 11.7. The molecule has 0 unspecified atom stereocenters. The first kappa shape index (κ1) is 27.0. The summed E-state index contributed by atoms with van der Waals surface area (Å²) in [4.78, 5) is 15.5. The van der Waals surface area contributed by atoms with E-state index >= 15 is 0 Å². The molecule has 0 N–H and O–H groups in total.